The molecule has 0 radical (unpaired) electrons. The smallest absolute Gasteiger partial charge is 0.258 e. The van der Waals surface area contributed by atoms with Gasteiger partial charge in [0.05, 0.1) is 9.95 Å². The molecule has 0 N–H and O–H groups in total. The van der Waals surface area contributed by atoms with Gasteiger partial charge in [0.2, 0.25) is 0 Å². The number of aromatic nitrogens is 1. The minimum atomic E-state index is -0.487. The number of rotatable bonds is 2. The van der Waals surface area contributed by atoms with Gasteiger partial charge < -0.3 is 0 Å². The van der Waals surface area contributed by atoms with E-state index >= 15 is 0 Å². The van der Waals surface area contributed by atoms with Crippen LogP contribution in [0.5, 0.6) is 0 Å². The summed E-state index contributed by atoms with van der Waals surface area (Å²) in [6, 6.07) is 7.77. The van der Waals surface area contributed by atoms with Gasteiger partial charge in [-0.1, -0.05) is 23.2 Å². The lowest BCUT2D eigenvalue weighted by Crippen LogP contribution is -1.96. The molecule has 18 heavy (non-hydrogen) atoms. The predicted molar refractivity (Wildman–Crippen MR) is 71.1 cm³/mol. The zero-order valence-corrected chi connectivity index (χ0v) is 10.9. The zero-order chi connectivity index (χ0) is 13.3. The van der Waals surface area contributed by atoms with Crippen molar-refractivity contribution in [3.8, 4) is 11.3 Å². The standard InChI is InChI=1S/C12H8Cl2N2O2/c1-7-2-5-11(16(17)18)12(15-7)9-6-8(13)3-4-10(9)14/h2-6H,1H3. The molecule has 0 aliphatic rings. The summed E-state index contributed by atoms with van der Waals surface area (Å²) in [5, 5.41) is 11.8. The molecule has 0 atom stereocenters. The molecule has 0 fully saturated rings. The van der Waals surface area contributed by atoms with E-state index in [-0.39, 0.29) is 11.4 Å². The Bertz CT molecular complexity index is 629. The minimum Gasteiger partial charge on any atom is -0.258 e. The summed E-state index contributed by atoms with van der Waals surface area (Å²) in [6.07, 6.45) is 0. The van der Waals surface area contributed by atoms with E-state index in [1.54, 1.807) is 31.2 Å². The van der Waals surface area contributed by atoms with E-state index < -0.39 is 4.92 Å². The summed E-state index contributed by atoms with van der Waals surface area (Å²) in [5.74, 6) is 0. The second-order valence-corrected chi connectivity index (χ2v) is 4.55. The first-order valence-corrected chi connectivity index (χ1v) is 5.82. The van der Waals surface area contributed by atoms with Crippen molar-refractivity contribution in [3.63, 3.8) is 0 Å². The average Bonchev–Trinajstić information content (AvgIpc) is 2.31. The van der Waals surface area contributed by atoms with Crippen LogP contribution in [-0.4, -0.2) is 9.91 Å². The van der Waals surface area contributed by atoms with Crippen molar-refractivity contribution < 1.29 is 4.92 Å². The zero-order valence-electron chi connectivity index (χ0n) is 9.35. The molecule has 1 aromatic carbocycles. The number of halogens is 2. The fourth-order valence-electron chi connectivity index (χ4n) is 1.57. The predicted octanol–water partition coefficient (Wildman–Crippen LogP) is 4.27. The lowest BCUT2D eigenvalue weighted by Gasteiger charge is -2.06. The molecule has 1 aromatic heterocycles. The lowest BCUT2D eigenvalue weighted by molar-refractivity contribution is -0.384. The molecule has 2 rings (SSSR count). The van der Waals surface area contributed by atoms with Gasteiger partial charge in [-0.15, -0.1) is 0 Å². The van der Waals surface area contributed by atoms with Crippen molar-refractivity contribution in [3.05, 3.63) is 56.2 Å². The van der Waals surface area contributed by atoms with Crippen molar-refractivity contribution in [1.29, 1.82) is 0 Å². The fourth-order valence-corrected chi connectivity index (χ4v) is 1.95. The van der Waals surface area contributed by atoms with Gasteiger partial charge in [-0.05, 0) is 31.2 Å². The Kier molecular flexibility index (Phi) is 3.50. The highest BCUT2D eigenvalue weighted by Gasteiger charge is 2.19. The van der Waals surface area contributed by atoms with Gasteiger partial charge in [-0.25, -0.2) is 4.98 Å². The number of hydrogen-bond acceptors (Lipinski definition) is 3. The summed E-state index contributed by atoms with van der Waals surface area (Å²) in [4.78, 5) is 14.7. The second kappa shape index (κ2) is 4.92. The Hall–Kier alpha value is -1.65. The Morgan fingerprint density at radius 2 is 1.94 bits per heavy atom. The second-order valence-electron chi connectivity index (χ2n) is 3.70. The number of benzene rings is 1. The number of nitro groups is 1. The molecule has 1 heterocycles. The Balaban J connectivity index is 2.73. The quantitative estimate of drug-likeness (QED) is 0.610. The molecule has 0 amide bonds. The Morgan fingerprint density at radius 3 is 2.61 bits per heavy atom. The highest BCUT2D eigenvalue weighted by Crippen LogP contribution is 2.34. The summed E-state index contributed by atoms with van der Waals surface area (Å²) < 4.78 is 0. The number of pyridine rings is 1. The van der Waals surface area contributed by atoms with Crippen LogP contribution in [0.3, 0.4) is 0 Å². The van der Waals surface area contributed by atoms with Crippen LogP contribution in [0.2, 0.25) is 10.0 Å². The molecule has 92 valence electrons. The van der Waals surface area contributed by atoms with Gasteiger partial charge in [0.1, 0.15) is 5.69 Å². The molecule has 0 saturated carbocycles. The van der Waals surface area contributed by atoms with Gasteiger partial charge in [0.15, 0.2) is 0 Å². The van der Waals surface area contributed by atoms with Crippen LogP contribution in [0.25, 0.3) is 11.3 Å². The van der Waals surface area contributed by atoms with E-state index in [0.29, 0.717) is 21.3 Å². The van der Waals surface area contributed by atoms with Crippen LogP contribution in [-0.2, 0) is 0 Å². The van der Waals surface area contributed by atoms with Crippen LogP contribution in [0.4, 0.5) is 5.69 Å². The fraction of sp³-hybridized carbons (Fsp3) is 0.0833. The van der Waals surface area contributed by atoms with Crippen molar-refractivity contribution in [2.75, 3.05) is 0 Å². The van der Waals surface area contributed by atoms with Crippen LogP contribution in [0.15, 0.2) is 30.3 Å². The van der Waals surface area contributed by atoms with E-state index in [2.05, 4.69) is 4.98 Å². The molecule has 0 spiro atoms. The first kappa shape index (κ1) is 12.8. The molecule has 0 aliphatic heterocycles. The molecular weight excluding hydrogens is 275 g/mol. The van der Waals surface area contributed by atoms with Crippen molar-refractivity contribution in [2.24, 2.45) is 0 Å². The third-order valence-corrected chi connectivity index (χ3v) is 2.96. The van der Waals surface area contributed by atoms with Crippen LogP contribution in [0.1, 0.15) is 5.69 Å². The lowest BCUT2D eigenvalue weighted by atomic mass is 10.1. The maximum Gasteiger partial charge on any atom is 0.295 e. The van der Waals surface area contributed by atoms with E-state index in [4.69, 9.17) is 23.2 Å². The summed E-state index contributed by atoms with van der Waals surface area (Å²) in [6.45, 7) is 1.76. The minimum absolute atomic E-state index is 0.0928. The van der Waals surface area contributed by atoms with Crippen LogP contribution in [0, 0.1) is 17.0 Å². The molecule has 0 unspecified atom stereocenters. The largest absolute Gasteiger partial charge is 0.295 e. The Morgan fingerprint density at radius 1 is 1.22 bits per heavy atom. The van der Waals surface area contributed by atoms with E-state index in [0.717, 1.165) is 0 Å². The third-order valence-electron chi connectivity index (χ3n) is 2.39. The number of aryl methyl sites for hydroxylation is 1. The molecule has 4 nitrogen and oxygen atoms in total. The summed E-state index contributed by atoms with van der Waals surface area (Å²) in [5.41, 5.74) is 1.27. The van der Waals surface area contributed by atoms with E-state index in [9.17, 15) is 10.1 Å². The molecule has 2 aromatic rings. The highest BCUT2D eigenvalue weighted by molar-refractivity contribution is 6.35. The maximum atomic E-state index is 11.0. The Labute approximate surface area is 113 Å². The van der Waals surface area contributed by atoms with Gasteiger partial charge in [-0.3, -0.25) is 10.1 Å². The molecule has 0 aliphatic carbocycles. The van der Waals surface area contributed by atoms with E-state index in [1.165, 1.54) is 6.07 Å². The first-order valence-electron chi connectivity index (χ1n) is 5.06. The first-order chi connectivity index (χ1) is 8.49. The van der Waals surface area contributed by atoms with Crippen LogP contribution >= 0.6 is 23.2 Å². The normalized spacial score (nSPS) is 10.4. The number of hydrogen-bond donors (Lipinski definition) is 0. The molecule has 6 heteroatoms. The average molecular weight is 283 g/mol. The monoisotopic (exact) mass is 282 g/mol. The van der Waals surface area contributed by atoms with Gasteiger partial charge in [0, 0.05) is 22.3 Å². The SMILES string of the molecule is Cc1ccc([N+](=O)[O-])c(-c2cc(Cl)ccc2Cl)n1. The van der Waals surface area contributed by atoms with E-state index in [1.807, 2.05) is 0 Å². The molecular formula is C12H8Cl2N2O2. The topological polar surface area (TPSA) is 56.0 Å². The third kappa shape index (κ3) is 2.44. The van der Waals surface area contributed by atoms with Gasteiger partial charge in [0.25, 0.3) is 5.69 Å². The maximum absolute atomic E-state index is 11.0. The summed E-state index contributed by atoms with van der Waals surface area (Å²) >= 11 is 11.9. The molecule has 0 saturated heterocycles. The van der Waals surface area contributed by atoms with Gasteiger partial charge >= 0.3 is 0 Å². The number of nitrogens with zero attached hydrogens (tertiary/aromatic N) is 2. The van der Waals surface area contributed by atoms with Crippen molar-refractivity contribution in [2.45, 2.75) is 6.92 Å². The van der Waals surface area contributed by atoms with Crippen LogP contribution < -0.4 is 0 Å². The summed E-state index contributed by atoms with van der Waals surface area (Å²) in [7, 11) is 0. The van der Waals surface area contributed by atoms with Crippen molar-refractivity contribution in [1.82, 2.24) is 4.98 Å². The van der Waals surface area contributed by atoms with Gasteiger partial charge in [-0.2, -0.15) is 0 Å². The molecule has 0 bridgehead atoms. The van der Waals surface area contributed by atoms with Crippen molar-refractivity contribution >= 4 is 28.9 Å². The highest BCUT2D eigenvalue weighted by atomic mass is 35.5.